The van der Waals surface area contributed by atoms with Crippen molar-refractivity contribution in [2.45, 2.75) is 63.6 Å². The van der Waals surface area contributed by atoms with E-state index in [-0.39, 0.29) is 30.1 Å². The summed E-state index contributed by atoms with van der Waals surface area (Å²) >= 11 is 0. The molecule has 2 aromatic heterocycles. The van der Waals surface area contributed by atoms with Gasteiger partial charge in [-0.2, -0.15) is 12.7 Å². The van der Waals surface area contributed by atoms with E-state index in [1.807, 2.05) is 6.92 Å². The highest BCUT2D eigenvalue weighted by Gasteiger charge is 2.46. The van der Waals surface area contributed by atoms with Gasteiger partial charge in [0.25, 0.3) is 0 Å². The van der Waals surface area contributed by atoms with Gasteiger partial charge in [0.15, 0.2) is 6.23 Å². The van der Waals surface area contributed by atoms with Crippen LogP contribution in [0.15, 0.2) is 30.7 Å². The zero-order valence-electron chi connectivity index (χ0n) is 23.1. The number of hydrogen-bond acceptors (Lipinski definition) is 9. The first kappa shape index (κ1) is 30.1. The molecule has 4 atom stereocenters. The van der Waals surface area contributed by atoms with E-state index >= 15 is 0 Å². The Labute approximate surface area is 243 Å². The number of ether oxygens (including phenoxy) is 2. The molecule has 14 heteroatoms. The van der Waals surface area contributed by atoms with Crippen molar-refractivity contribution in [3.8, 4) is 17.6 Å². The number of fused-ring (bicyclic) bond motifs is 1. The van der Waals surface area contributed by atoms with Crippen LogP contribution < -0.4 is 10.5 Å². The topological polar surface area (TPSA) is 173 Å². The highest BCUT2D eigenvalue weighted by Crippen LogP contribution is 2.35. The SMILES string of the molecule is CCCCCN(C[C@H]1O[C@@H](n2cc(C#Cc3c(F)cccc3OCC3CC3)c3c(N)ncnc32)[C@H](O)[C@@H]1O)S(=O)(=O)O. The van der Waals surface area contributed by atoms with Gasteiger partial charge in [-0.3, -0.25) is 4.55 Å². The monoisotopic (exact) mass is 603 g/mol. The van der Waals surface area contributed by atoms with Gasteiger partial charge in [-0.15, -0.1) is 0 Å². The van der Waals surface area contributed by atoms with Crippen LogP contribution in [0.3, 0.4) is 0 Å². The summed E-state index contributed by atoms with van der Waals surface area (Å²) in [5, 5.41) is 22.0. The molecule has 5 rings (SSSR count). The largest absolute Gasteiger partial charge is 0.492 e. The van der Waals surface area contributed by atoms with Crippen molar-refractivity contribution in [3.05, 3.63) is 47.7 Å². The third-order valence-corrected chi connectivity index (χ3v) is 8.42. The van der Waals surface area contributed by atoms with Gasteiger partial charge >= 0.3 is 10.3 Å². The fraction of sp³-hybridized carbons (Fsp3) is 0.500. The van der Waals surface area contributed by atoms with E-state index in [4.69, 9.17) is 15.2 Å². The molecule has 1 aromatic carbocycles. The number of aliphatic hydroxyl groups excluding tert-OH is 2. The lowest BCUT2D eigenvalue weighted by Gasteiger charge is -2.23. The average molecular weight is 604 g/mol. The summed E-state index contributed by atoms with van der Waals surface area (Å²) < 4.78 is 62.4. The molecular formula is C28H34FN5O7S. The van der Waals surface area contributed by atoms with Gasteiger partial charge in [-0.25, -0.2) is 14.4 Å². The molecule has 2 fully saturated rings. The Balaban J connectivity index is 1.45. The molecule has 42 heavy (non-hydrogen) atoms. The first-order valence-corrected chi connectivity index (χ1v) is 15.3. The number of benzene rings is 1. The number of nitrogen functional groups attached to an aromatic ring is 1. The third-order valence-electron chi connectivity index (χ3n) is 7.44. The second kappa shape index (κ2) is 12.5. The molecule has 5 N–H and O–H groups in total. The predicted molar refractivity (Wildman–Crippen MR) is 151 cm³/mol. The van der Waals surface area contributed by atoms with E-state index in [1.54, 1.807) is 12.1 Å². The number of aromatic nitrogens is 3. The number of nitrogens with zero attached hydrogens (tertiary/aromatic N) is 4. The van der Waals surface area contributed by atoms with E-state index in [2.05, 4.69) is 21.8 Å². The average Bonchev–Trinajstić information content (AvgIpc) is 3.64. The maximum Gasteiger partial charge on any atom is 0.335 e. The zero-order chi connectivity index (χ0) is 30.0. The van der Waals surface area contributed by atoms with Gasteiger partial charge in [-0.05, 0) is 37.3 Å². The summed E-state index contributed by atoms with van der Waals surface area (Å²) in [5.74, 6) is 6.07. The van der Waals surface area contributed by atoms with Gasteiger partial charge < -0.3 is 30.0 Å². The summed E-state index contributed by atoms with van der Waals surface area (Å²) in [7, 11) is -4.58. The Hall–Kier alpha value is -3.32. The van der Waals surface area contributed by atoms with Gasteiger partial charge in [0.1, 0.15) is 53.2 Å². The zero-order valence-corrected chi connectivity index (χ0v) is 23.9. The standard InChI is InChI=1S/C28H34FN5O7S/c1-2-3-4-12-33(42(37,38)39)14-22-24(35)25(36)28(41-22)34-13-18(23-26(30)31-16-32-27(23)34)10-11-19-20(29)6-5-7-21(19)40-15-17-8-9-17/h5-7,13,16-17,22,24-25,28,35-36H,2-4,8-9,12,14-15H2,1H3,(H2,30,31,32)(H,37,38,39)/t22-,24-,25-,28-/m1/s1. The predicted octanol–water partition coefficient (Wildman–Crippen LogP) is 2.26. The van der Waals surface area contributed by atoms with Gasteiger partial charge in [0.05, 0.1) is 17.6 Å². The van der Waals surface area contributed by atoms with E-state index in [9.17, 15) is 27.6 Å². The van der Waals surface area contributed by atoms with Crippen molar-refractivity contribution in [1.29, 1.82) is 0 Å². The molecule has 1 aliphatic carbocycles. The van der Waals surface area contributed by atoms with Crippen molar-refractivity contribution in [1.82, 2.24) is 18.8 Å². The van der Waals surface area contributed by atoms with E-state index in [1.165, 1.54) is 23.2 Å². The van der Waals surface area contributed by atoms with Crippen LogP contribution in [0.25, 0.3) is 11.0 Å². The number of rotatable bonds is 11. The second-order valence-electron chi connectivity index (χ2n) is 10.6. The number of anilines is 1. The molecule has 0 bridgehead atoms. The molecule has 1 saturated carbocycles. The Morgan fingerprint density at radius 1 is 1.21 bits per heavy atom. The fourth-order valence-electron chi connectivity index (χ4n) is 4.91. The molecule has 0 radical (unpaired) electrons. The summed E-state index contributed by atoms with van der Waals surface area (Å²) in [5.41, 5.74) is 6.79. The molecule has 1 saturated heterocycles. The van der Waals surface area contributed by atoms with Crippen LogP contribution in [0, 0.1) is 23.6 Å². The number of nitrogens with two attached hydrogens (primary N) is 1. The lowest BCUT2D eigenvalue weighted by atomic mass is 10.1. The number of aliphatic hydroxyl groups is 2. The normalized spacial score (nSPS) is 22.4. The summed E-state index contributed by atoms with van der Waals surface area (Å²) in [6, 6.07) is 4.49. The van der Waals surface area contributed by atoms with Crippen molar-refractivity contribution in [2.24, 2.45) is 5.92 Å². The van der Waals surface area contributed by atoms with Crippen LogP contribution in [0.5, 0.6) is 5.75 Å². The molecule has 3 heterocycles. The minimum atomic E-state index is -4.58. The lowest BCUT2D eigenvalue weighted by molar-refractivity contribution is -0.0387. The smallest absolute Gasteiger partial charge is 0.335 e. The minimum absolute atomic E-state index is 0.0262. The maximum atomic E-state index is 14.8. The summed E-state index contributed by atoms with van der Waals surface area (Å²) in [6.45, 7) is 2.08. The van der Waals surface area contributed by atoms with E-state index in [0.29, 0.717) is 35.6 Å². The number of halogens is 1. The Morgan fingerprint density at radius 3 is 2.71 bits per heavy atom. The van der Waals surface area contributed by atoms with Crippen LogP contribution in [-0.2, 0) is 15.0 Å². The highest BCUT2D eigenvalue weighted by molar-refractivity contribution is 7.83. The lowest BCUT2D eigenvalue weighted by Crippen LogP contribution is -2.42. The maximum absolute atomic E-state index is 14.8. The molecule has 0 amide bonds. The molecule has 226 valence electrons. The van der Waals surface area contributed by atoms with Crippen LogP contribution in [0.2, 0.25) is 0 Å². The minimum Gasteiger partial charge on any atom is -0.492 e. The van der Waals surface area contributed by atoms with Crippen LogP contribution in [0.4, 0.5) is 10.2 Å². The molecule has 1 aliphatic heterocycles. The van der Waals surface area contributed by atoms with E-state index in [0.717, 1.165) is 30.0 Å². The van der Waals surface area contributed by atoms with E-state index < -0.39 is 40.7 Å². The highest BCUT2D eigenvalue weighted by atomic mass is 32.2. The molecule has 0 spiro atoms. The van der Waals surface area contributed by atoms with Crippen LogP contribution in [-0.4, -0.2) is 80.0 Å². The molecule has 2 aliphatic rings. The van der Waals surface area contributed by atoms with Crippen molar-refractivity contribution in [3.63, 3.8) is 0 Å². The van der Waals surface area contributed by atoms with Crippen LogP contribution >= 0.6 is 0 Å². The first-order valence-electron chi connectivity index (χ1n) is 13.9. The molecule has 12 nitrogen and oxygen atoms in total. The molecular weight excluding hydrogens is 569 g/mol. The van der Waals surface area contributed by atoms with Gasteiger partial charge in [0.2, 0.25) is 0 Å². The number of hydrogen-bond donors (Lipinski definition) is 4. The van der Waals surface area contributed by atoms with Gasteiger partial charge in [0, 0.05) is 19.3 Å². The van der Waals surface area contributed by atoms with Crippen molar-refractivity contribution in [2.75, 3.05) is 25.4 Å². The van der Waals surface area contributed by atoms with Gasteiger partial charge in [-0.1, -0.05) is 37.7 Å². The Bertz CT molecular complexity index is 1600. The summed E-state index contributed by atoms with van der Waals surface area (Å²) in [4.78, 5) is 8.31. The van der Waals surface area contributed by atoms with Crippen molar-refractivity contribution < 1.29 is 37.0 Å². The second-order valence-corrected chi connectivity index (χ2v) is 12.0. The summed E-state index contributed by atoms with van der Waals surface area (Å²) in [6.07, 6.45) is 1.61. The van der Waals surface area contributed by atoms with Crippen LogP contribution in [0.1, 0.15) is 56.4 Å². The third kappa shape index (κ3) is 6.51. The fourth-order valence-corrected chi connectivity index (χ4v) is 5.61. The van der Waals surface area contributed by atoms with Crippen molar-refractivity contribution >= 4 is 27.2 Å². The quantitative estimate of drug-likeness (QED) is 0.145. The number of unbranched alkanes of at least 4 members (excludes halogenated alkanes) is 2. The molecule has 0 unspecified atom stereocenters. The first-order chi connectivity index (χ1) is 20.1. The Kier molecular flexibility index (Phi) is 8.97. The molecule has 3 aromatic rings. The Morgan fingerprint density at radius 2 is 2.00 bits per heavy atom.